The van der Waals surface area contributed by atoms with Gasteiger partial charge in [0.05, 0.1) is 0 Å². The van der Waals surface area contributed by atoms with E-state index in [1.165, 1.54) is 49.6 Å². The second-order valence-corrected chi connectivity index (χ2v) is 12.4. The van der Waals surface area contributed by atoms with E-state index in [4.69, 9.17) is 5.73 Å². The molecule has 6 atom stereocenters. The number of thioether (sulfide) groups is 1. The van der Waals surface area contributed by atoms with Crippen molar-refractivity contribution in [2.24, 2.45) is 40.2 Å². The lowest BCUT2D eigenvalue weighted by atomic mass is 9.51. The molecule has 6 unspecified atom stereocenters. The highest BCUT2D eigenvalue weighted by molar-refractivity contribution is 7.98. The summed E-state index contributed by atoms with van der Waals surface area (Å²) >= 11 is 1.86. The predicted octanol–water partition coefficient (Wildman–Crippen LogP) is 11.3. The van der Waals surface area contributed by atoms with Crippen molar-refractivity contribution in [3.63, 3.8) is 0 Å². The summed E-state index contributed by atoms with van der Waals surface area (Å²) in [6, 6.07) is 0. The highest BCUT2D eigenvalue weighted by Gasteiger charge is 2.54. The highest BCUT2D eigenvalue weighted by atomic mass is 32.2. The molecule has 0 saturated heterocycles. The Kier molecular flexibility index (Phi) is 20.5. The molecule has 2 N–H and O–H groups in total. The van der Waals surface area contributed by atoms with Gasteiger partial charge in [0.1, 0.15) is 0 Å². The molecule has 2 heteroatoms. The second kappa shape index (κ2) is 20.3. The van der Waals surface area contributed by atoms with Gasteiger partial charge in [0.2, 0.25) is 0 Å². The Morgan fingerprint density at radius 3 is 2.00 bits per heavy atom. The van der Waals surface area contributed by atoms with Crippen LogP contribution in [0.15, 0.2) is 85.7 Å². The Morgan fingerprint density at radius 1 is 1.08 bits per heavy atom. The SMILES string of the molecule is C=C(C)C(C)(/C=C\C)C1CCC2(C)C(C)CCC2C1CC.C=CC.C=CC(=C)C(/C=C\C)=C\N.CCSC. The molecule has 1 nitrogen and oxygen atoms in total. The van der Waals surface area contributed by atoms with Crippen molar-refractivity contribution in [1.29, 1.82) is 0 Å². The maximum Gasteiger partial charge on any atom is 0.00878 e. The monoisotopic (exact) mass is 541 g/mol. The Morgan fingerprint density at radius 2 is 1.63 bits per heavy atom. The Bertz CT molecular complexity index is 798. The van der Waals surface area contributed by atoms with Crippen LogP contribution in [0.5, 0.6) is 0 Å². The minimum atomic E-state index is 0.183. The van der Waals surface area contributed by atoms with Gasteiger partial charge >= 0.3 is 0 Å². The molecule has 0 aromatic carbocycles. The van der Waals surface area contributed by atoms with Crippen LogP contribution in [-0.4, -0.2) is 12.0 Å². The van der Waals surface area contributed by atoms with Gasteiger partial charge in [0, 0.05) is 11.6 Å². The number of hydrogen-bond acceptors (Lipinski definition) is 2. The fourth-order valence-electron chi connectivity index (χ4n) is 6.36. The minimum Gasteiger partial charge on any atom is -0.404 e. The van der Waals surface area contributed by atoms with Crippen molar-refractivity contribution in [3.8, 4) is 0 Å². The van der Waals surface area contributed by atoms with Gasteiger partial charge in [-0.2, -0.15) is 11.8 Å². The molecule has 0 bridgehead atoms. The standard InChI is InChI=1S/C21H36.C9H13N.C3H8S.C3H6/c1-8-13-20(6,15(3)4)19-12-14-21(7)16(5)10-11-18(21)17(19)9-2;1-4-6-9(7-10)8(3)5-2;1-3-4-2;1-3-2/h8,13,16-19H,3,9-12,14H2,1-2,4-7H3;4-7H,2-3,10H2,1H3;3H2,1-2H3;3H,1H2,2H3/b13-8-;6-4-,9-7-;;. The van der Waals surface area contributed by atoms with Gasteiger partial charge in [-0.05, 0) is 106 Å². The zero-order valence-electron chi connectivity index (χ0n) is 26.9. The summed E-state index contributed by atoms with van der Waals surface area (Å²) < 4.78 is 0. The zero-order chi connectivity index (χ0) is 29.9. The van der Waals surface area contributed by atoms with E-state index < -0.39 is 0 Å². The van der Waals surface area contributed by atoms with E-state index in [2.05, 4.69) is 93.2 Å². The van der Waals surface area contributed by atoms with Crippen molar-refractivity contribution in [3.05, 3.63) is 85.7 Å². The normalized spacial score (nSPS) is 27.9. The Labute approximate surface area is 243 Å². The van der Waals surface area contributed by atoms with E-state index >= 15 is 0 Å². The molecular formula is C36H63NS. The average Bonchev–Trinajstić information content (AvgIpc) is 3.21. The zero-order valence-corrected chi connectivity index (χ0v) is 27.7. The summed E-state index contributed by atoms with van der Waals surface area (Å²) in [5.74, 6) is 4.72. The molecule has 2 saturated carbocycles. The van der Waals surface area contributed by atoms with Gasteiger partial charge < -0.3 is 5.73 Å². The fourth-order valence-corrected chi connectivity index (χ4v) is 6.36. The van der Waals surface area contributed by atoms with Crippen LogP contribution in [0.25, 0.3) is 0 Å². The van der Waals surface area contributed by atoms with Crippen LogP contribution in [0.2, 0.25) is 0 Å². The third kappa shape index (κ3) is 10.8. The van der Waals surface area contributed by atoms with E-state index in [-0.39, 0.29) is 5.41 Å². The van der Waals surface area contributed by atoms with Crippen LogP contribution in [0, 0.1) is 34.5 Å². The van der Waals surface area contributed by atoms with Gasteiger partial charge in [-0.3, -0.25) is 0 Å². The molecule has 38 heavy (non-hydrogen) atoms. The molecule has 218 valence electrons. The summed E-state index contributed by atoms with van der Waals surface area (Å²) in [5, 5.41) is 0. The molecule has 0 aromatic rings. The molecule has 0 aromatic heterocycles. The topological polar surface area (TPSA) is 26.0 Å². The summed E-state index contributed by atoms with van der Waals surface area (Å²) in [7, 11) is 0. The number of allylic oxidation sites excluding steroid dienone is 9. The van der Waals surface area contributed by atoms with Crippen molar-refractivity contribution in [1.82, 2.24) is 0 Å². The number of rotatable bonds is 8. The first-order valence-corrected chi connectivity index (χ1v) is 16.0. The summed E-state index contributed by atoms with van der Waals surface area (Å²) in [4.78, 5) is 0. The van der Waals surface area contributed by atoms with Crippen LogP contribution in [0.3, 0.4) is 0 Å². The predicted molar refractivity (Wildman–Crippen MR) is 181 cm³/mol. The molecule has 0 amide bonds. The van der Waals surface area contributed by atoms with Gasteiger partial charge in [0.25, 0.3) is 0 Å². The van der Waals surface area contributed by atoms with E-state index in [1.54, 1.807) is 12.2 Å². The number of fused-ring (bicyclic) bond motifs is 1. The lowest BCUT2D eigenvalue weighted by Gasteiger charge is -2.53. The van der Waals surface area contributed by atoms with Crippen molar-refractivity contribution < 1.29 is 0 Å². The average molecular weight is 542 g/mol. The number of hydrogen-bond donors (Lipinski definition) is 1. The van der Waals surface area contributed by atoms with Crippen LogP contribution in [-0.2, 0) is 0 Å². The van der Waals surface area contributed by atoms with Crippen molar-refractivity contribution in [2.45, 2.75) is 94.4 Å². The van der Waals surface area contributed by atoms with E-state index in [9.17, 15) is 0 Å². The molecule has 2 aliphatic carbocycles. The molecule has 0 heterocycles. The second-order valence-electron chi connectivity index (χ2n) is 11.2. The first-order chi connectivity index (χ1) is 17.9. The summed E-state index contributed by atoms with van der Waals surface area (Å²) in [6.45, 7) is 35.3. The third-order valence-corrected chi connectivity index (χ3v) is 9.59. The molecule has 2 fully saturated rings. The van der Waals surface area contributed by atoms with E-state index in [1.807, 2.05) is 37.8 Å². The van der Waals surface area contributed by atoms with Gasteiger partial charge in [-0.1, -0.05) is 103 Å². The maximum atomic E-state index is 5.31. The number of nitrogens with two attached hydrogens (primary N) is 1. The van der Waals surface area contributed by atoms with Crippen molar-refractivity contribution in [2.75, 3.05) is 12.0 Å². The molecule has 0 radical (unpaired) electrons. The smallest absolute Gasteiger partial charge is 0.00878 e. The van der Waals surface area contributed by atoms with Crippen LogP contribution in [0.4, 0.5) is 0 Å². The maximum absolute atomic E-state index is 5.31. The van der Waals surface area contributed by atoms with Gasteiger partial charge in [0.15, 0.2) is 0 Å². The fraction of sp³-hybridized carbons (Fsp3) is 0.611. The molecular weight excluding hydrogens is 478 g/mol. The first kappa shape index (κ1) is 38.5. The van der Waals surface area contributed by atoms with E-state index in [0.29, 0.717) is 5.41 Å². The van der Waals surface area contributed by atoms with Crippen LogP contribution in [0.1, 0.15) is 94.4 Å². The Balaban J connectivity index is 0. The first-order valence-electron chi connectivity index (χ1n) is 14.6. The van der Waals surface area contributed by atoms with Crippen molar-refractivity contribution >= 4 is 11.8 Å². The summed E-state index contributed by atoms with van der Waals surface area (Å²) in [6.07, 6.45) is 22.5. The van der Waals surface area contributed by atoms with Crippen LogP contribution < -0.4 is 5.73 Å². The van der Waals surface area contributed by atoms with E-state index in [0.717, 1.165) is 34.8 Å². The van der Waals surface area contributed by atoms with Gasteiger partial charge in [-0.25, -0.2) is 0 Å². The van der Waals surface area contributed by atoms with Gasteiger partial charge in [-0.15, -0.1) is 6.58 Å². The third-order valence-electron chi connectivity index (χ3n) is 9.02. The highest BCUT2D eigenvalue weighted by Crippen LogP contribution is 2.62. The quantitative estimate of drug-likeness (QED) is 0.244. The molecule has 0 spiro atoms. The lowest BCUT2D eigenvalue weighted by Crippen LogP contribution is -2.45. The largest absolute Gasteiger partial charge is 0.404 e. The van der Waals surface area contributed by atoms with Crippen LogP contribution >= 0.6 is 11.8 Å². The molecule has 2 aliphatic rings. The molecule has 0 aliphatic heterocycles. The Hall–Kier alpha value is -1.67. The minimum absolute atomic E-state index is 0.183. The molecule has 2 rings (SSSR count). The lowest BCUT2D eigenvalue weighted by molar-refractivity contribution is -0.0147. The summed E-state index contributed by atoms with van der Waals surface area (Å²) in [5.41, 5.74) is 9.20.